The van der Waals surface area contributed by atoms with Crippen molar-refractivity contribution in [3.05, 3.63) is 95.6 Å². The second-order valence-corrected chi connectivity index (χ2v) is 7.76. The first-order valence-electron chi connectivity index (χ1n) is 11.2. The van der Waals surface area contributed by atoms with Crippen LogP contribution in [0.3, 0.4) is 0 Å². The van der Waals surface area contributed by atoms with Gasteiger partial charge in [-0.25, -0.2) is 24.2 Å². The summed E-state index contributed by atoms with van der Waals surface area (Å²) in [4.78, 5) is 40.7. The smallest absolute Gasteiger partial charge is 0.328 e. The van der Waals surface area contributed by atoms with Gasteiger partial charge >= 0.3 is 23.9 Å². The van der Waals surface area contributed by atoms with Crippen LogP contribution in [0.25, 0.3) is 0 Å². The second-order valence-electron chi connectivity index (χ2n) is 7.76. The van der Waals surface area contributed by atoms with E-state index in [-0.39, 0.29) is 0 Å². The Morgan fingerprint density at radius 3 is 1.49 bits per heavy atom. The molecule has 0 unspecified atom stereocenters. The zero-order valence-electron chi connectivity index (χ0n) is 20.1. The van der Waals surface area contributed by atoms with Gasteiger partial charge in [0.15, 0.2) is 0 Å². The zero-order valence-corrected chi connectivity index (χ0v) is 20.1. The Morgan fingerprint density at radius 2 is 1.05 bits per heavy atom. The van der Waals surface area contributed by atoms with Crippen LogP contribution in [0.1, 0.15) is 16.7 Å². The van der Waals surface area contributed by atoms with Crippen LogP contribution in [0.2, 0.25) is 0 Å². The van der Waals surface area contributed by atoms with E-state index in [2.05, 4.69) is 59.5 Å². The van der Waals surface area contributed by atoms with Crippen molar-refractivity contribution in [2.45, 2.75) is 13.0 Å². The number of aliphatic carboxylic acids is 4. The first kappa shape index (κ1) is 30.7. The third-order valence-electron chi connectivity index (χ3n) is 4.89. The topological polar surface area (TPSA) is 182 Å². The molecule has 11 heteroatoms. The van der Waals surface area contributed by atoms with Gasteiger partial charge in [0.2, 0.25) is 0 Å². The predicted octanol–water partition coefficient (Wildman–Crippen LogP) is 1.69. The van der Waals surface area contributed by atoms with E-state index in [1.165, 1.54) is 16.7 Å². The van der Waals surface area contributed by atoms with E-state index in [0.717, 1.165) is 39.1 Å². The van der Waals surface area contributed by atoms with E-state index < -0.39 is 23.9 Å². The lowest BCUT2D eigenvalue weighted by Crippen LogP contribution is -2.48. The fourth-order valence-electron chi connectivity index (χ4n) is 3.15. The highest BCUT2D eigenvalue weighted by atomic mass is 16.4. The van der Waals surface area contributed by atoms with Gasteiger partial charge in [0, 0.05) is 57.0 Å². The summed E-state index contributed by atoms with van der Waals surface area (Å²) in [5, 5.41) is 33.2. The maximum Gasteiger partial charge on any atom is 0.328 e. The van der Waals surface area contributed by atoms with Gasteiger partial charge in [-0.05, 0) is 23.1 Å². The maximum absolute atomic E-state index is 9.55. The van der Waals surface area contributed by atoms with Crippen molar-refractivity contribution in [3.8, 4) is 0 Å². The Morgan fingerprint density at radius 1 is 0.649 bits per heavy atom. The van der Waals surface area contributed by atoms with E-state index in [1.807, 2.05) is 5.01 Å². The molecular weight excluding hydrogens is 482 g/mol. The molecule has 1 aliphatic rings. The second kappa shape index (κ2) is 17.2. The van der Waals surface area contributed by atoms with E-state index in [4.69, 9.17) is 26.3 Å². The average molecular weight is 514 g/mol. The van der Waals surface area contributed by atoms with Gasteiger partial charge in [-0.3, -0.25) is 10.7 Å². The number of hydrogen-bond donors (Lipinski definition) is 5. The molecule has 6 N–H and O–H groups in total. The molecule has 1 aliphatic heterocycles. The lowest BCUT2D eigenvalue weighted by molar-refractivity contribution is -0.134. The summed E-state index contributed by atoms with van der Waals surface area (Å²) < 4.78 is 0. The van der Waals surface area contributed by atoms with Gasteiger partial charge in [0.25, 0.3) is 0 Å². The highest BCUT2D eigenvalue weighted by molar-refractivity contribution is 5.90. The average Bonchev–Trinajstić information content (AvgIpc) is 2.85. The summed E-state index contributed by atoms with van der Waals surface area (Å²) in [6, 6.07) is 19.5. The van der Waals surface area contributed by atoms with E-state index in [9.17, 15) is 19.2 Å². The van der Waals surface area contributed by atoms with Crippen LogP contribution in [0.5, 0.6) is 0 Å². The minimum atomic E-state index is -1.26. The summed E-state index contributed by atoms with van der Waals surface area (Å²) in [5.41, 5.74) is 4.24. The quantitative estimate of drug-likeness (QED) is 0.256. The van der Waals surface area contributed by atoms with Gasteiger partial charge in [-0.15, -0.1) is 0 Å². The summed E-state index contributed by atoms with van der Waals surface area (Å²) >= 11 is 0. The Balaban J connectivity index is 0.000000355. The number of carbonyl (C=O) groups is 4. The van der Waals surface area contributed by atoms with Gasteiger partial charge in [0.1, 0.15) is 0 Å². The monoisotopic (exact) mass is 513 g/mol. The summed E-state index contributed by atoms with van der Waals surface area (Å²) in [7, 11) is 0. The van der Waals surface area contributed by atoms with Crippen LogP contribution >= 0.6 is 0 Å². The van der Waals surface area contributed by atoms with Crippen molar-refractivity contribution < 1.29 is 39.6 Å². The first-order valence-corrected chi connectivity index (χ1v) is 11.2. The van der Waals surface area contributed by atoms with Crippen LogP contribution in [0.15, 0.2) is 78.9 Å². The third-order valence-corrected chi connectivity index (χ3v) is 4.89. The van der Waals surface area contributed by atoms with E-state index in [0.29, 0.717) is 24.3 Å². The molecule has 3 rings (SSSR count). The van der Waals surface area contributed by atoms with Crippen LogP contribution in [-0.2, 0) is 32.1 Å². The Labute approximate surface area is 214 Å². The molecule has 2 aromatic rings. The molecule has 1 fully saturated rings. The van der Waals surface area contributed by atoms with Crippen LogP contribution < -0.4 is 5.84 Å². The van der Waals surface area contributed by atoms with Crippen molar-refractivity contribution in [1.82, 2.24) is 9.91 Å². The van der Waals surface area contributed by atoms with Crippen molar-refractivity contribution in [2.75, 3.05) is 26.2 Å². The first-order chi connectivity index (χ1) is 17.6. The van der Waals surface area contributed by atoms with Crippen LogP contribution in [0, 0.1) is 0 Å². The standard InChI is InChI=1S/C18H23N3.2C4H4O4/c19-21-12-10-20(11-13-21)15-18-9-5-4-8-17(18)14-16-6-2-1-3-7-16;2*5-3(6)1-2-4(7)8/h1-9H,10-15,19H2;2*1-2H,(H,5,6)(H,7,8)/b;2*2-1-. The number of hydrazine groups is 1. The molecule has 11 nitrogen and oxygen atoms in total. The normalized spacial score (nSPS) is 13.8. The molecule has 1 heterocycles. The minimum Gasteiger partial charge on any atom is -0.478 e. The van der Waals surface area contributed by atoms with Gasteiger partial charge in [-0.2, -0.15) is 0 Å². The van der Waals surface area contributed by atoms with Crippen molar-refractivity contribution in [2.24, 2.45) is 5.84 Å². The Kier molecular flexibility index (Phi) is 14.2. The molecule has 0 radical (unpaired) electrons. The number of rotatable bonds is 8. The minimum absolute atomic E-state index is 0.558. The molecule has 0 atom stereocenters. The number of carboxylic acid groups (broad SMARTS) is 4. The van der Waals surface area contributed by atoms with Crippen LogP contribution in [-0.4, -0.2) is 80.4 Å². The molecule has 0 saturated carbocycles. The predicted molar refractivity (Wildman–Crippen MR) is 136 cm³/mol. The number of nitrogens with zero attached hydrogens (tertiary/aromatic N) is 2. The molecule has 0 amide bonds. The highest BCUT2D eigenvalue weighted by Gasteiger charge is 2.15. The van der Waals surface area contributed by atoms with Crippen molar-refractivity contribution in [1.29, 1.82) is 0 Å². The molecule has 198 valence electrons. The summed E-state index contributed by atoms with van der Waals surface area (Å²) in [6.45, 7) is 5.05. The molecule has 2 aromatic carbocycles. The zero-order chi connectivity index (χ0) is 27.6. The number of carboxylic acids is 4. The van der Waals surface area contributed by atoms with Gasteiger partial charge in [0.05, 0.1) is 0 Å². The maximum atomic E-state index is 9.55. The fraction of sp³-hybridized carbons (Fsp3) is 0.231. The van der Waals surface area contributed by atoms with Gasteiger partial charge in [-0.1, -0.05) is 54.6 Å². The molecule has 1 saturated heterocycles. The Bertz CT molecular complexity index is 1010. The molecule has 0 aromatic heterocycles. The number of nitrogens with two attached hydrogens (primary N) is 1. The summed E-state index contributed by atoms with van der Waals surface area (Å²) in [5.74, 6) is 0.801. The lowest BCUT2D eigenvalue weighted by atomic mass is 9.99. The van der Waals surface area contributed by atoms with E-state index in [1.54, 1.807) is 0 Å². The number of piperazine rings is 1. The molecule has 37 heavy (non-hydrogen) atoms. The molecule has 0 bridgehead atoms. The van der Waals surface area contributed by atoms with Gasteiger partial charge < -0.3 is 20.4 Å². The fourth-order valence-corrected chi connectivity index (χ4v) is 3.15. The SMILES string of the molecule is NN1CCN(Cc2ccccc2Cc2ccccc2)CC1.O=C(O)/C=C\C(=O)O.O=C(O)/C=C\C(=O)O. The third kappa shape index (κ3) is 15.3. The van der Waals surface area contributed by atoms with E-state index >= 15 is 0 Å². The number of hydrogen-bond acceptors (Lipinski definition) is 7. The number of benzene rings is 2. The summed E-state index contributed by atoms with van der Waals surface area (Å²) in [6.07, 6.45) is 3.24. The van der Waals surface area contributed by atoms with Crippen LogP contribution in [0.4, 0.5) is 0 Å². The van der Waals surface area contributed by atoms with Crippen molar-refractivity contribution >= 4 is 23.9 Å². The Hall–Kier alpha value is -4.32. The molecule has 0 aliphatic carbocycles. The lowest BCUT2D eigenvalue weighted by Gasteiger charge is -2.32. The van der Waals surface area contributed by atoms with Crippen molar-refractivity contribution in [3.63, 3.8) is 0 Å². The highest BCUT2D eigenvalue weighted by Crippen LogP contribution is 2.17. The molecule has 0 spiro atoms. The molecular formula is C26H31N3O8. The largest absolute Gasteiger partial charge is 0.478 e.